The number of ketones is 1. The number of unbranched alkanes of at least 4 members (excludes halogenated alkanes) is 3. The van der Waals surface area contributed by atoms with Gasteiger partial charge in [-0.05, 0) is 105 Å². The Labute approximate surface area is 233 Å². The maximum atomic E-state index is 12.6. The molecule has 1 amide bonds. The van der Waals surface area contributed by atoms with Gasteiger partial charge in [-0.3, -0.25) is 9.59 Å². The van der Waals surface area contributed by atoms with E-state index in [9.17, 15) is 14.7 Å². The highest BCUT2D eigenvalue weighted by Gasteiger charge is 2.59. The molecule has 4 aliphatic carbocycles. The molecule has 0 radical (unpaired) electrons. The Kier molecular flexibility index (Phi) is 9.86. The number of aliphatic hydroxyl groups excluding tert-OH is 1. The number of rotatable bonds is 12. The van der Waals surface area contributed by atoms with Gasteiger partial charge in [-0.1, -0.05) is 78.4 Å². The number of hydrogen-bond donors (Lipinski definition) is 2. The fraction of sp³-hybridized carbons (Fsp3) is 0.882. The van der Waals surface area contributed by atoms with Crippen LogP contribution in [0.2, 0.25) is 0 Å². The molecule has 0 aromatic rings. The molecule has 3 fully saturated rings. The maximum absolute atomic E-state index is 12.6. The molecular weight excluding hydrogens is 470 g/mol. The van der Waals surface area contributed by atoms with E-state index in [1.807, 2.05) is 6.92 Å². The van der Waals surface area contributed by atoms with E-state index in [1.165, 1.54) is 44.9 Å². The predicted octanol–water partition coefficient (Wildman–Crippen LogP) is 7.63. The molecule has 0 bridgehead atoms. The average molecular weight is 528 g/mol. The highest BCUT2D eigenvalue weighted by Crippen LogP contribution is 2.67. The van der Waals surface area contributed by atoms with E-state index < -0.39 is 0 Å². The zero-order valence-electron chi connectivity index (χ0n) is 25.2. The lowest BCUT2D eigenvalue weighted by Gasteiger charge is -2.58. The number of hydrogen-bond acceptors (Lipinski definition) is 3. The first-order chi connectivity index (χ1) is 18.1. The van der Waals surface area contributed by atoms with Crippen LogP contribution in [0.15, 0.2) is 11.6 Å². The van der Waals surface area contributed by atoms with Gasteiger partial charge in [0.2, 0.25) is 5.78 Å². The van der Waals surface area contributed by atoms with Crippen molar-refractivity contribution >= 4 is 11.7 Å². The molecule has 4 heteroatoms. The second kappa shape index (κ2) is 12.6. The lowest BCUT2D eigenvalue weighted by molar-refractivity contribution is -0.140. The lowest BCUT2D eigenvalue weighted by Crippen LogP contribution is -2.50. The number of Topliss-reactive ketones (excluding diaryl/α,β-unsaturated/α-hetero) is 1. The van der Waals surface area contributed by atoms with E-state index in [2.05, 4.69) is 39.1 Å². The van der Waals surface area contributed by atoms with Crippen LogP contribution in [0.1, 0.15) is 131 Å². The van der Waals surface area contributed by atoms with Gasteiger partial charge in [-0.2, -0.15) is 0 Å². The summed E-state index contributed by atoms with van der Waals surface area (Å²) in [5, 5.41) is 13.1. The largest absolute Gasteiger partial charge is 0.393 e. The van der Waals surface area contributed by atoms with Gasteiger partial charge in [0.05, 0.1) is 6.10 Å². The molecule has 3 saturated carbocycles. The summed E-state index contributed by atoms with van der Waals surface area (Å²) in [5.74, 6) is 3.10. The summed E-state index contributed by atoms with van der Waals surface area (Å²) < 4.78 is 0. The minimum absolute atomic E-state index is 0.126. The molecule has 9 atom stereocenters. The first-order valence-corrected chi connectivity index (χ1v) is 16.3. The molecule has 2 N–H and O–H groups in total. The minimum atomic E-state index is -0.379. The molecular formula is C34H57NO3. The van der Waals surface area contributed by atoms with E-state index in [0.29, 0.717) is 23.3 Å². The smallest absolute Gasteiger partial charge is 0.287 e. The Morgan fingerprint density at radius 1 is 1.00 bits per heavy atom. The monoisotopic (exact) mass is 527 g/mol. The van der Waals surface area contributed by atoms with Crippen LogP contribution in [0.3, 0.4) is 0 Å². The van der Waals surface area contributed by atoms with E-state index >= 15 is 0 Å². The number of nitrogens with one attached hydrogen (secondary N) is 1. The zero-order chi connectivity index (χ0) is 27.5. The predicted molar refractivity (Wildman–Crippen MR) is 156 cm³/mol. The first-order valence-electron chi connectivity index (χ1n) is 16.3. The summed E-state index contributed by atoms with van der Waals surface area (Å²) in [4.78, 5) is 24.9. The Hall–Kier alpha value is -1.16. The van der Waals surface area contributed by atoms with Gasteiger partial charge in [-0.15, -0.1) is 0 Å². The van der Waals surface area contributed by atoms with Gasteiger partial charge >= 0.3 is 0 Å². The molecule has 4 aliphatic rings. The molecule has 0 aromatic carbocycles. The molecule has 216 valence electrons. The van der Waals surface area contributed by atoms with Crippen LogP contribution >= 0.6 is 0 Å². The zero-order valence-corrected chi connectivity index (χ0v) is 25.2. The Bertz CT molecular complexity index is 866. The molecule has 0 saturated heterocycles. The summed E-state index contributed by atoms with van der Waals surface area (Å²) in [6, 6.07) is 0. The van der Waals surface area contributed by atoms with Crippen molar-refractivity contribution in [3.63, 3.8) is 0 Å². The van der Waals surface area contributed by atoms with Gasteiger partial charge in [0.1, 0.15) is 0 Å². The Morgan fingerprint density at radius 2 is 1.79 bits per heavy atom. The number of fused-ring (bicyclic) bond motifs is 5. The molecule has 0 aliphatic heterocycles. The summed E-state index contributed by atoms with van der Waals surface area (Å²) in [7, 11) is 0. The van der Waals surface area contributed by atoms with Crippen LogP contribution in [0.5, 0.6) is 0 Å². The van der Waals surface area contributed by atoms with Crippen molar-refractivity contribution in [1.82, 2.24) is 5.32 Å². The normalized spacial score (nSPS) is 37.8. The third-order valence-electron chi connectivity index (χ3n) is 12.1. The quantitative estimate of drug-likeness (QED) is 0.156. The van der Waals surface area contributed by atoms with Crippen LogP contribution in [-0.2, 0) is 9.59 Å². The SMILES string of the molecule is CCCCCCNC(=O)C(=O)C(C)CCCC(C)[C@H]1CC[C@H]2[C@@H]3CC=C4C[C@@H](O)CC[C@]4(C)[C@H]3CC[C@]12C. The van der Waals surface area contributed by atoms with E-state index in [1.54, 1.807) is 5.57 Å². The van der Waals surface area contributed by atoms with Crippen LogP contribution in [0, 0.1) is 46.3 Å². The van der Waals surface area contributed by atoms with Gasteiger partial charge in [0.15, 0.2) is 0 Å². The molecule has 0 heterocycles. The van der Waals surface area contributed by atoms with Crippen LogP contribution in [0.4, 0.5) is 0 Å². The first kappa shape index (κ1) is 29.8. The number of carbonyl (C=O) groups is 2. The van der Waals surface area contributed by atoms with Crippen molar-refractivity contribution in [2.24, 2.45) is 46.3 Å². The van der Waals surface area contributed by atoms with Crippen LogP contribution in [-0.4, -0.2) is 29.4 Å². The lowest BCUT2D eigenvalue weighted by atomic mass is 9.47. The van der Waals surface area contributed by atoms with E-state index in [4.69, 9.17) is 0 Å². The summed E-state index contributed by atoms with van der Waals surface area (Å²) in [5.41, 5.74) is 2.32. The molecule has 4 nitrogen and oxygen atoms in total. The topological polar surface area (TPSA) is 66.4 Å². The molecule has 38 heavy (non-hydrogen) atoms. The summed E-state index contributed by atoms with van der Waals surface area (Å²) >= 11 is 0. The average Bonchev–Trinajstić information content (AvgIpc) is 3.25. The Balaban J connectivity index is 1.27. The van der Waals surface area contributed by atoms with Gasteiger partial charge in [0.25, 0.3) is 5.91 Å². The minimum Gasteiger partial charge on any atom is -0.393 e. The van der Waals surface area contributed by atoms with Crippen molar-refractivity contribution in [2.75, 3.05) is 6.54 Å². The number of aliphatic hydroxyl groups is 1. The molecule has 0 spiro atoms. The van der Waals surface area contributed by atoms with Crippen molar-refractivity contribution < 1.29 is 14.7 Å². The molecule has 0 aromatic heterocycles. The Morgan fingerprint density at radius 3 is 2.55 bits per heavy atom. The third-order valence-corrected chi connectivity index (χ3v) is 12.1. The standard InChI is InChI=1S/C34H57NO3/c1-6-7-8-9-21-35-32(38)31(37)24(3)12-10-11-23(2)28-15-16-29-27-14-13-25-22-26(36)17-19-33(25,4)30(27)18-20-34(28,29)5/h13,23-24,26-30,36H,6-12,14-22H2,1-5H3,(H,35,38)/t23?,24?,26-,27-,28+,29-,30-,33-,34+/m0/s1. The number of allylic oxidation sites excluding steroid dienone is 1. The van der Waals surface area contributed by atoms with Crippen LogP contribution < -0.4 is 5.32 Å². The van der Waals surface area contributed by atoms with Gasteiger partial charge < -0.3 is 10.4 Å². The second-order valence-electron chi connectivity index (χ2n) is 14.4. The van der Waals surface area contributed by atoms with Gasteiger partial charge in [0, 0.05) is 12.5 Å². The molecule has 4 rings (SSSR count). The van der Waals surface area contributed by atoms with E-state index in [0.717, 1.165) is 75.0 Å². The van der Waals surface area contributed by atoms with Crippen molar-refractivity contribution in [2.45, 2.75) is 137 Å². The maximum Gasteiger partial charge on any atom is 0.287 e. The molecule has 2 unspecified atom stereocenters. The van der Waals surface area contributed by atoms with Crippen molar-refractivity contribution in [3.05, 3.63) is 11.6 Å². The third kappa shape index (κ3) is 5.96. The number of carbonyl (C=O) groups excluding carboxylic acids is 2. The fourth-order valence-corrected chi connectivity index (χ4v) is 9.76. The van der Waals surface area contributed by atoms with Crippen LogP contribution in [0.25, 0.3) is 0 Å². The van der Waals surface area contributed by atoms with Crippen molar-refractivity contribution in [3.8, 4) is 0 Å². The highest BCUT2D eigenvalue weighted by atomic mass is 16.3. The summed E-state index contributed by atoms with van der Waals surface area (Å²) in [6.07, 6.45) is 19.6. The highest BCUT2D eigenvalue weighted by molar-refractivity contribution is 6.36. The van der Waals surface area contributed by atoms with E-state index in [-0.39, 0.29) is 23.7 Å². The second-order valence-corrected chi connectivity index (χ2v) is 14.4. The van der Waals surface area contributed by atoms with Gasteiger partial charge in [-0.25, -0.2) is 0 Å². The fourth-order valence-electron chi connectivity index (χ4n) is 9.76. The number of amides is 1. The van der Waals surface area contributed by atoms with Crippen molar-refractivity contribution in [1.29, 1.82) is 0 Å². The summed E-state index contributed by atoms with van der Waals surface area (Å²) in [6.45, 7) is 12.3.